The van der Waals surface area contributed by atoms with Crippen LogP contribution in [0.5, 0.6) is 0 Å². The highest BCUT2D eigenvalue weighted by Crippen LogP contribution is 2.13. The Morgan fingerprint density at radius 1 is 1.26 bits per heavy atom. The second-order valence-corrected chi connectivity index (χ2v) is 5.41. The van der Waals surface area contributed by atoms with E-state index < -0.39 is 0 Å². The molecule has 0 aliphatic carbocycles. The molecule has 0 radical (unpaired) electrons. The molecular weight excluding hydrogens is 328 g/mol. The number of hydrogen-bond donors (Lipinski definition) is 0. The maximum atomic E-state index is 12.2. The minimum Gasteiger partial charge on any atom is -0.337 e. The molecule has 1 aromatic heterocycles. The van der Waals surface area contributed by atoms with E-state index in [9.17, 15) is 4.79 Å². The normalized spacial score (nSPS) is 10.3. The second-order valence-electron chi connectivity index (χ2n) is 4.16. The van der Waals surface area contributed by atoms with Crippen molar-refractivity contribution < 1.29 is 4.79 Å². The van der Waals surface area contributed by atoms with Crippen molar-refractivity contribution >= 4 is 33.4 Å². The molecule has 0 aliphatic rings. The van der Waals surface area contributed by atoms with Crippen LogP contribution < -0.4 is 0 Å². The van der Waals surface area contributed by atoms with Crippen LogP contribution in [0.3, 0.4) is 0 Å². The largest absolute Gasteiger partial charge is 0.337 e. The highest BCUT2D eigenvalue weighted by Gasteiger charge is 2.12. The fourth-order valence-electron chi connectivity index (χ4n) is 1.66. The molecule has 0 fully saturated rings. The molecule has 0 unspecified atom stereocenters. The van der Waals surface area contributed by atoms with E-state index in [1.807, 2.05) is 24.3 Å². The number of nitrogens with zero attached hydrogens (tertiary/aromatic N) is 2. The smallest absolute Gasteiger partial charge is 0.255 e. The van der Waals surface area contributed by atoms with Crippen molar-refractivity contribution in [1.29, 1.82) is 0 Å². The molecule has 3 nitrogen and oxygen atoms in total. The average Bonchev–Trinajstić information content (AvgIpc) is 2.41. The van der Waals surface area contributed by atoms with Gasteiger partial charge in [0.05, 0.1) is 5.56 Å². The molecule has 1 heterocycles. The number of carbonyl (C=O) groups is 1. The molecular formula is C14H12BrClN2O. The molecule has 5 heteroatoms. The van der Waals surface area contributed by atoms with Crippen molar-refractivity contribution in [1.82, 2.24) is 9.88 Å². The first kappa shape index (κ1) is 14.0. The van der Waals surface area contributed by atoms with Crippen LogP contribution in [0, 0.1) is 0 Å². The van der Waals surface area contributed by atoms with Crippen LogP contribution >= 0.6 is 27.5 Å². The lowest BCUT2D eigenvalue weighted by Gasteiger charge is -2.17. The Morgan fingerprint density at radius 3 is 2.53 bits per heavy atom. The highest BCUT2D eigenvalue weighted by atomic mass is 79.9. The van der Waals surface area contributed by atoms with Gasteiger partial charge >= 0.3 is 0 Å². The lowest BCUT2D eigenvalue weighted by Crippen LogP contribution is -2.26. The van der Waals surface area contributed by atoms with Crippen molar-refractivity contribution in [3.63, 3.8) is 0 Å². The van der Waals surface area contributed by atoms with Crippen molar-refractivity contribution in [3.05, 3.63) is 63.3 Å². The summed E-state index contributed by atoms with van der Waals surface area (Å²) in [5.41, 5.74) is 1.60. The summed E-state index contributed by atoms with van der Waals surface area (Å²) in [5.74, 6) is -0.0602. The van der Waals surface area contributed by atoms with Gasteiger partial charge in [-0.15, -0.1) is 0 Å². The fourth-order valence-corrected chi connectivity index (χ4v) is 2.02. The maximum Gasteiger partial charge on any atom is 0.255 e. The van der Waals surface area contributed by atoms with Gasteiger partial charge < -0.3 is 4.90 Å². The first-order chi connectivity index (χ1) is 9.06. The van der Waals surface area contributed by atoms with Crippen LogP contribution in [0.4, 0.5) is 0 Å². The zero-order valence-corrected chi connectivity index (χ0v) is 12.6. The molecule has 0 bridgehead atoms. The minimum atomic E-state index is -0.0602. The number of rotatable bonds is 3. The highest BCUT2D eigenvalue weighted by molar-refractivity contribution is 9.10. The Bertz CT molecular complexity index is 569. The molecule has 2 aromatic rings. The minimum absolute atomic E-state index is 0.0602. The summed E-state index contributed by atoms with van der Waals surface area (Å²) < 4.78 is 0.712. The Morgan fingerprint density at radius 2 is 1.95 bits per heavy atom. The molecule has 2 rings (SSSR count). The molecule has 0 saturated heterocycles. The van der Waals surface area contributed by atoms with Gasteiger partial charge in [-0.1, -0.05) is 23.7 Å². The Hall–Kier alpha value is -1.39. The third-order valence-electron chi connectivity index (χ3n) is 2.65. The Labute approximate surface area is 125 Å². The summed E-state index contributed by atoms with van der Waals surface area (Å²) in [7, 11) is 1.76. The number of benzene rings is 1. The molecule has 1 amide bonds. The molecule has 19 heavy (non-hydrogen) atoms. The number of pyridine rings is 1. The van der Waals surface area contributed by atoms with Crippen molar-refractivity contribution in [3.8, 4) is 0 Å². The first-order valence-electron chi connectivity index (χ1n) is 5.68. The van der Waals surface area contributed by atoms with Gasteiger partial charge in [-0.25, -0.2) is 4.98 Å². The maximum absolute atomic E-state index is 12.2. The van der Waals surface area contributed by atoms with Crippen molar-refractivity contribution in [2.75, 3.05) is 7.05 Å². The number of halogens is 2. The summed E-state index contributed by atoms with van der Waals surface area (Å²) in [6.45, 7) is 0.534. The Balaban J connectivity index is 2.07. The number of carbonyl (C=O) groups excluding carboxylic acids is 1. The lowest BCUT2D eigenvalue weighted by atomic mass is 10.2. The SMILES string of the molecule is CN(Cc1ccc(Cl)cc1)C(=O)c1ccc(Br)nc1. The van der Waals surface area contributed by atoms with E-state index >= 15 is 0 Å². The molecule has 98 valence electrons. The third-order valence-corrected chi connectivity index (χ3v) is 3.38. The first-order valence-corrected chi connectivity index (χ1v) is 6.85. The number of hydrogen-bond acceptors (Lipinski definition) is 2. The zero-order valence-electron chi connectivity index (χ0n) is 10.3. The molecule has 0 atom stereocenters. The predicted molar refractivity (Wildman–Crippen MR) is 79.2 cm³/mol. The van der Waals surface area contributed by atoms with Gasteiger partial charge in [0.2, 0.25) is 0 Å². The zero-order chi connectivity index (χ0) is 13.8. The van der Waals surface area contributed by atoms with Crippen LogP contribution in [0.1, 0.15) is 15.9 Å². The summed E-state index contributed by atoms with van der Waals surface area (Å²) in [6, 6.07) is 11.0. The molecule has 1 aromatic carbocycles. The summed E-state index contributed by atoms with van der Waals surface area (Å²) in [6.07, 6.45) is 1.56. The van der Waals surface area contributed by atoms with Crippen molar-refractivity contribution in [2.24, 2.45) is 0 Å². The predicted octanol–water partition coefficient (Wildman–Crippen LogP) is 3.77. The lowest BCUT2D eigenvalue weighted by molar-refractivity contribution is 0.0784. The standard InChI is InChI=1S/C14H12BrClN2O/c1-18(9-10-2-5-12(16)6-3-10)14(19)11-4-7-13(15)17-8-11/h2-8H,9H2,1H3. The van der Waals surface area contributed by atoms with E-state index in [1.54, 1.807) is 30.3 Å². The quantitative estimate of drug-likeness (QED) is 0.798. The van der Waals surface area contributed by atoms with Crippen LogP contribution in [-0.4, -0.2) is 22.8 Å². The number of amides is 1. The van der Waals surface area contributed by atoms with Gasteiger partial charge in [-0.2, -0.15) is 0 Å². The van der Waals surface area contributed by atoms with Gasteiger partial charge in [0.25, 0.3) is 5.91 Å². The van der Waals surface area contributed by atoms with Gasteiger partial charge in [0.1, 0.15) is 4.60 Å². The fraction of sp³-hybridized carbons (Fsp3) is 0.143. The van der Waals surface area contributed by atoms with Crippen LogP contribution in [-0.2, 0) is 6.54 Å². The van der Waals surface area contributed by atoms with E-state index in [1.165, 1.54) is 0 Å². The van der Waals surface area contributed by atoms with E-state index in [2.05, 4.69) is 20.9 Å². The van der Waals surface area contributed by atoms with E-state index in [4.69, 9.17) is 11.6 Å². The third kappa shape index (κ3) is 3.78. The number of aromatic nitrogens is 1. The monoisotopic (exact) mass is 338 g/mol. The molecule has 0 N–H and O–H groups in total. The van der Waals surface area contributed by atoms with Crippen LogP contribution in [0.25, 0.3) is 0 Å². The van der Waals surface area contributed by atoms with E-state index in [0.29, 0.717) is 21.7 Å². The molecule has 0 spiro atoms. The van der Waals surface area contributed by atoms with Gasteiger partial charge in [-0.05, 0) is 45.8 Å². The summed E-state index contributed by atoms with van der Waals surface area (Å²) in [4.78, 5) is 17.9. The molecule has 0 aliphatic heterocycles. The molecule has 0 saturated carbocycles. The van der Waals surface area contributed by atoms with Crippen LogP contribution in [0.15, 0.2) is 47.2 Å². The topological polar surface area (TPSA) is 33.2 Å². The van der Waals surface area contributed by atoms with Gasteiger partial charge in [0.15, 0.2) is 0 Å². The second kappa shape index (κ2) is 6.17. The summed E-state index contributed by atoms with van der Waals surface area (Å²) in [5, 5.41) is 0.690. The summed E-state index contributed by atoms with van der Waals surface area (Å²) >= 11 is 9.07. The van der Waals surface area contributed by atoms with Gasteiger partial charge in [0, 0.05) is 24.8 Å². The Kier molecular flexibility index (Phi) is 4.56. The van der Waals surface area contributed by atoms with E-state index in [-0.39, 0.29) is 5.91 Å². The van der Waals surface area contributed by atoms with E-state index in [0.717, 1.165) is 5.56 Å². The average molecular weight is 340 g/mol. The van der Waals surface area contributed by atoms with Gasteiger partial charge in [-0.3, -0.25) is 4.79 Å². The van der Waals surface area contributed by atoms with Crippen molar-refractivity contribution in [2.45, 2.75) is 6.54 Å². The van der Waals surface area contributed by atoms with Crippen LogP contribution in [0.2, 0.25) is 5.02 Å².